The molecule has 2 aromatic rings. The molecule has 3 heterocycles. The number of aromatic nitrogens is 3. The number of halogens is 1. The summed E-state index contributed by atoms with van der Waals surface area (Å²) in [4.78, 5) is 26.9. The Balaban J connectivity index is 1.69. The van der Waals surface area contributed by atoms with Gasteiger partial charge in [-0.2, -0.15) is 0 Å². The van der Waals surface area contributed by atoms with E-state index in [0.29, 0.717) is 17.6 Å². The van der Waals surface area contributed by atoms with E-state index in [1.54, 1.807) is 19.4 Å². The van der Waals surface area contributed by atoms with E-state index in [4.69, 9.17) is 11.6 Å². The van der Waals surface area contributed by atoms with Gasteiger partial charge in [-0.1, -0.05) is 11.6 Å². The van der Waals surface area contributed by atoms with Gasteiger partial charge in [0.25, 0.3) is 5.91 Å². The lowest BCUT2D eigenvalue weighted by atomic mass is 10.2. The third kappa shape index (κ3) is 3.94. The molecule has 0 bridgehead atoms. The second kappa shape index (κ2) is 7.97. The zero-order valence-electron chi connectivity index (χ0n) is 15.2. The highest BCUT2D eigenvalue weighted by atomic mass is 35.5. The molecule has 1 fully saturated rings. The molecule has 0 unspecified atom stereocenters. The molecule has 138 valence electrons. The minimum absolute atomic E-state index is 0.213. The van der Waals surface area contributed by atoms with Crippen molar-refractivity contribution in [1.29, 1.82) is 0 Å². The highest BCUT2D eigenvalue weighted by molar-refractivity contribution is 6.31. The topological polar surface area (TPSA) is 83.0 Å². The van der Waals surface area contributed by atoms with Gasteiger partial charge in [-0.05, 0) is 31.9 Å². The first-order valence-electron chi connectivity index (χ1n) is 8.63. The Kier molecular flexibility index (Phi) is 5.68. The molecule has 1 amide bonds. The zero-order valence-corrected chi connectivity index (χ0v) is 16.0. The monoisotopic (exact) mass is 374 g/mol. The number of amides is 1. The molecule has 2 N–H and O–H groups in total. The standard InChI is InChI=1S/C18H23ClN6O/c1-11-12(2)23-16(18(26)20-3)24-17(11)25-7-5-14(10-25)22-8-13-4-6-21-9-15(13)19/h4,6,9,14,22H,5,7-8,10H2,1-3H3,(H,20,26)/t14-/m1/s1. The number of carbonyl (C=O) groups is 1. The molecule has 3 rings (SSSR count). The largest absolute Gasteiger partial charge is 0.355 e. The Labute approximate surface area is 158 Å². The number of pyridine rings is 1. The third-order valence-electron chi connectivity index (χ3n) is 4.72. The summed E-state index contributed by atoms with van der Waals surface area (Å²) in [6.07, 6.45) is 4.41. The molecule has 2 aromatic heterocycles. The van der Waals surface area contributed by atoms with Crippen molar-refractivity contribution in [2.45, 2.75) is 32.9 Å². The Hall–Kier alpha value is -2.25. The van der Waals surface area contributed by atoms with E-state index in [1.807, 2.05) is 19.9 Å². The molecule has 0 aliphatic carbocycles. The first-order valence-corrected chi connectivity index (χ1v) is 9.01. The number of hydrogen-bond donors (Lipinski definition) is 2. The van der Waals surface area contributed by atoms with Crippen molar-refractivity contribution in [3.8, 4) is 0 Å². The predicted octanol–water partition coefficient (Wildman–Crippen LogP) is 1.87. The third-order valence-corrected chi connectivity index (χ3v) is 5.06. The van der Waals surface area contributed by atoms with Gasteiger partial charge in [-0.3, -0.25) is 9.78 Å². The molecule has 0 aromatic carbocycles. The zero-order chi connectivity index (χ0) is 18.7. The van der Waals surface area contributed by atoms with Gasteiger partial charge in [-0.15, -0.1) is 0 Å². The molecule has 26 heavy (non-hydrogen) atoms. The van der Waals surface area contributed by atoms with Crippen molar-refractivity contribution in [1.82, 2.24) is 25.6 Å². The average molecular weight is 375 g/mol. The van der Waals surface area contributed by atoms with Crippen LogP contribution in [0.25, 0.3) is 0 Å². The molecule has 7 nitrogen and oxygen atoms in total. The lowest BCUT2D eigenvalue weighted by molar-refractivity contribution is 0.0952. The highest BCUT2D eigenvalue weighted by Gasteiger charge is 2.26. The van der Waals surface area contributed by atoms with Gasteiger partial charge in [0.05, 0.1) is 5.02 Å². The summed E-state index contributed by atoms with van der Waals surface area (Å²) in [5, 5.41) is 6.80. The van der Waals surface area contributed by atoms with Crippen molar-refractivity contribution in [3.05, 3.63) is 46.1 Å². The van der Waals surface area contributed by atoms with E-state index in [-0.39, 0.29) is 11.7 Å². The maximum atomic E-state index is 11.9. The predicted molar refractivity (Wildman–Crippen MR) is 102 cm³/mol. The smallest absolute Gasteiger partial charge is 0.288 e. The minimum Gasteiger partial charge on any atom is -0.355 e. The Morgan fingerprint density at radius 2 is 2.19 bits per heavy atom. The van der Waals surface area contributed by atoms with Gasteiger partial charge in [0.2, 0.25) is 5.82 Å². The van der Waals surface area contributed by atoms with Crippen LogP contribution in [0.4, 0.5) is 5.82 Å². The fourth-order valence-electron chi connectivity index (χ4n) is 3.06. The lowest BCUT2D eigenvalue weighted by Crippen LogP contribution is -2.33. The molecular formula is C18H23ClN6O. The van der Waals surface area contributed by atoms with Crippen molar-refractivity contribution >= 4 is 23.3 Å². The lowest BCUT2D eigenvalue weighted by Gasteiger charge is -2.21. The fourth-order valence-corrected chi connectivity index (χ4v) is 3.24. The minimum atomic E-state index is -0.268. The molecular weight excluding hydrogens is 352 g/mol. The summed E-state index contributed by atoms with van der Waals surface area (Å²) in [6, 6.07) is 2.26. The number of hydrogen-bond acceptors (Lipinski definition) is 6. The number of anilines is 1. The molecule has 8 heteroatoms. The summed E-state index contributed by atoms with van der Waals surface area (Å²) in [5.74, 6) is 0.781. The number of aryl methyl sites for hydroxylation is 1. The molecule has 1 atom stereocenters. The van der Waals surface area contributed by atoms with E-state index in [0.717, 1.165) is 42.1 Å². The van der Waals surface area contributed by atoms with Crippen molar-refractivity contribution in [2.24, 2.45) is 0 Å². The second-order valence-corrected chi connectivity index (χ2v) is 6.85. The summed E-state index contributed by atoms with van der Waals surface area (Å²) < 4.78 is 0. The Morgan fingerprint density at radius 3 is 2.92 bits per heavy atom. The van der Waals surface area contributed by atoms with Gasteiger partial charge in [0, 0.05) is 56.4 Å². The van der Waals surface area contributed by atoms with E-state index in [9.17, 15) is 4.79 Å². The van der Waals surface area contributed by atoms with Crippen LogP contribution in [0.2, 0.25) is 5.02 Å². The van der Waals surface area contributed by atoms with Gasteiger partial charge >= 0.3 is 0 Å². The summed E-state index contributed by atoms with van der Waals surface area (Å²) in [5.41, 5.74) is 2.88. The molecule has 0 radical (unpaired) electrons. The van der Waals surface area contributed by atoms with Crippen molar-refractivity contribution < 1.29 is 4.79 Å². The maximum Gasteiger partial charge on any atom is 0.288 e. The number of nitrogens with zero attached hydrogens (tertiary/aromatic N) is 4. The van der Waals surface area contributed by atoms with Gasteiger partial charge in [0.15, 0.2) is 0 Å². The number of rotatable bonds is 5. The molecule has 1 aliphatic rings. The van der Waals surface area contributed by atoms with Crippen LogP contribution in [-0.4, -0.2) is 47.0 Å². The van der Waals surface area contributed by atoms with E-state index in [1.165, 1.54) is 0 Å². The molecule has 0 spiro atoms. The van der Waals surface area contributed by atoms with Crippen molar-refractivity contribution in [3.63, 3.8) is 0 Å². The Bertz CT molecular complexity index is 812. The molecule has 1 saturated heterocycles. The SMILES string of the molecule is CNC(=O)c1nc(C)c(C)c(N2CC[C@@H](NCc3ccncc3Cl)C2)n1. The quantitative estimate of drug-likeness (QED) is 0.831. The van der Waals surface area contributed by atoms with Crippen LogP contribution in [0.5, 0.6) is 0 Å². The highest BCUT2D eigenvalue weighted by Crippen LogP contribution is 2.24. The molecule has 1 aliphatic heterocycles. The first kappa shape index (κ1) is 18.5. The van der Waals surface area contributed by atoms with Crippen molar-refractivity contribution in [2.75, 3.05) is 25.0 Å². The maximum absolute atomic E-state index is 11.9. The van der Waals surface area contributed by atoms with Gasteiger partial charge in [0.1, 0.15) is 5.82 Å². The van der Waals surface area contributed by atoms with Gasteiger partial charge < -0.3 is 15.5 Å². The first-order chi connectivity index (χ1) is 12.5. The van der Waals surface area contributed by atoms with E-state index < -0.39 is 0 Å². The number of nitrogens with one attached hydrogen (secondary N) is 2. The van der Waals surface area contributed by atoms with Crippen LogP contribution in [0, 0.1) is 13.8 Å². The second-order valence-electron chi connectivity index (χ2n) is 6.44. The summed E-state index contributed by atoms with van der Waals surface area (Å²) in [6.45, 7) is 6.31. The average Bonchev–Trinajstić information content (AvgIpc) is 3.11. The van der Waals surface area contributed by atoms with Crippen LogP contribution in [-0.2, 0) is 6.54 Å². The Morgan fingerprint density at radius 1 is 1.38 bits per heavy atom. The summed E-state index contributed by atoms with van der Waals surface area (Å²) in [7, 11) is 1.58. The van der Waals surface area contributed by atoms with Crippen LogP contribution in [0.1, 0.15) is 33.9 Å². The number of carbonyl (C=O) groups excluding carboxylic acids is 1. The normalized spacial score (nSPS) is 16.8. The summed E-state index contributed by atoms with van der Waals surface area (Å²) >= 11 is 6.17. The van der Waals surface area contributed by atoms with E-state index >= 15 is 0 Å². The van der Waals surface area contributed by atoms with Crippen LogP contribution in [0.15, 0.2) is 18.5 Å². The van der Waals surface area contributed by atoms with Gasteiger partial charge in [-0.25, -0.2) is 9.97 Å². The van der Waals surface area contributed by atoms with Crippen LogP contribution in [0.3, 0.4) is 0 Å². The van der Waals surface area contributed by atoms with Crippen LogP contribution >= 0.6 is 11.6 Å². The van der Waals surface area contributed by atoms with E-state index in [2.05, 4.69) is 30.5 Å². The fraction of sp³-hybridized carbons (Fsp3) is 0.444. The molecule has 0 saturated carbocycles. The van der Waals surface area contributed by atoms with Crippen LogP contribution < -0.4 is 15.5 Å².